The van der Waals surface area contributed by atoms with Gasteiger partial charge in [0.15, 0.2) is 0 Å². The fourth-order valence-electron chi connectivity index (χ4n) is 3.55. The quantitative estimate of drug-likeness (QED) is 0.434. The Kier molecular flexibility index (Phi) is 5.29. The maximum Gasteiger partial charge on any atom is 0.274 e. The lowest BCUT2D eigenvalue weighted by Crippen LogP contribution is -2.14. The molecule has 0 spiro atoms. The Morgan fingerprint density at radius 1 is 1.00 bits per heavy atom. The van der Waals surface area contributed by atoms with Crippen molar-refractivity contribution < 1.29 is 4.79 Å². The van der Waals surface area contributed by atoms with Crippen LogP contribution < -0.4 is 10.6 Å². The molecule has 0 aliphatic heterocycles. The lowest BCUT2D eigenvalue weighted by Gasteiger charge is -2.09. The van der Waals surface area contributed by atoms with Crippen molar-refractivity contribution in [3.8, 4) is 0 Å². The van der Waals surface area contributed by atoms with Crippen LogP contribution in [0.3, 0.4) is 0 Å². The number of para-hydroxylation sites is 1. The Labute approximate surface area is 170 Å². The Hall–Kier alpha value is -3.60. The van der Waals surface area contributed by atoms with E-state index in [1.165, 1.54) is 10.9 Å². The van der Waals surface area contributed by atoms with E-state index >= 15 is 0 Å². The number of hydrogen-bond acceptors (Lipinski definition) is 3. The van der Waals surface area contributed by atoms with Crippen molar-refractivity contribution in [2.75, 3.05) is 17.2 Å². The maximum atomic E-state index is 12.4. The predicted molar refractivity (Wildman–Crippen MR) is 119 cm³/mol. The molecule has 146 valence electrons. The first kappa shape index (κ1) is 18.7. The number of aromatic amines is 1. The van der Waals surface area contributed by atoms with Gasteiger partial charge in [0.2, 0.25) is 0 Å². The Morgan fingerprint density at radius 3 is 2.55 bits per heavy atom. The van der Waals surface area contributed by atoms with E-state index in [0.29, 0.717) is 5.69 Å². The van der Waals surface area contributed by atoms with Crippen LogP contribution in [0.4, 0.5) is 11.4 Å². The number of fused-ring (bicyclic) bond motifs is 1. The van der Waals surface area contributed by atoms with Crippen LogP contribution in [-0.2, 0) is 6.42 Å². The number of benzene rings is 2. The monoisotopic (exact) mass is 384 g/mol. The molecule has 5 nitrogen and oxygen atoms in total. The van der Waals surface area contributed by atoms with Crippen molar-refractivity contribution in [1.82, 2.24) is 9.97 Å². The van der Waals surface area contributed by atoms with E-state index in [4.69, 9.17) is 0 Å². The van der Waals surface area contributed by atoms with E-state index < -0.39 is 0 Å². The molecule has 0 fully saturated rings. The van der Waals surface area contributed by atoms with Gasteiger partial charge >= 0.3 is 0 Å². The van der Waals surface area contributed by atoms with Crippen LogP contribution in [0.1, 0.15) is 27.2 Å². The van der Waals surface area contributed by atoms with Crippen LogP contribution in [0.5, 0.6) is 0 Å². The summed E-state index contributed by atoms with van der Waals surface area (Å²) in [5.41, 5.74) is 6.74. The molecule has 0 radical (unpaired) electrons. The van der Waals surface area contributed by atoms with Crippen LogP contribution in [0, 0.1) is 13.8 Å². The number of rotatable bonds is 6. The summed E-state index contributed by atoms with van der Waals surface area (Å²) >= 11 is 0. The number of H-pyrrole nitrogens is 1. The number of aryl methyl sites for hydroxylation is 2. The molecule has 5 heteroatoms. The highest BCUT2D eigenvalue weighted by molar-refractivity contribution is 6.03. The number of nitrogens with one attached hydrogen (secondary N) is 3. The lowest BCUT2D eigenvalue weighted by molar-refractivity contribution is 0.102. The molecule has 1 amide bonds. The highest BCUT2D eigenvalue weighted by atomic mass is 16.1. The number of nitrogens with zero attached hydrogens (tertiary/aromatic N) is 1. The lowest BCUT2D eigenvalue weighted by atomic mass is 10.1. The van der Waals surface area contributed by atoms with Gasteiger partial charge in [-0.05, 0) is 67.3 Å². The van der Waals surface area contributed by atoms with Gasteiger partial charge in [-0.15, -0.1) is 0 Å². The van der Waals surface area contributed by atoms with Crippen molar-refractivity contribution in [3.63, 3.8) is 0 Å². The maximum absolute atomic E-state index is 12.4. The van der Waals surface area contributed by atoms with Crippen molar-refractivity contribution in [2.24, 2.45) is 0 Å². The van der Waals surface area contributed by atoms with Gasteiger partial charge in [-0.25, -0.2) is 4.98 Å². The average molecular weight is 384 g/mol. The van der Waals surface area contributed by atoms with Gasteiger partial charge in [-0.2, -0.15) is 0 Å². The molecule has 4 aromatic rings. The third-order valence-electron chi connectivity index (χ3n) is 4.87. The summed E-state index contributed by atoms with van der Waals surface area (Å²) < 4.78 is 0. The molecule has 2 heterocycles. The van der Waals surface area contributed by atoms with E-state index in [1.807, 2.05) is 38.1 Å². The molecule has 2 aromatic carbocycles. The summed E-state index contributed by atoms with van der Waals surface area (Å²) in [4.78, 5) is 20.0. The minimum atomic E-state index is -0.208. The molecule has 0 aliphatic rings. The number of carbonyl (C=O) groups excluding carboxylic acids is 1. The number of anilines is 2. The molecule has 0 saturated carbocycles. The fraction of sp³-hybridized carbons (Fsp3) is 0.167. The first-order chi connectivity index (χ1) is 14.1. The number of pyridine rings is 1. The highest BCUT2D eigenvalue weighted by Crippen LogP contribution is 2.18. The Bertz CT molecular complexity index is 1120. The summed E-state index contributed by atoms with van der Waals surface area (Å²) in [6, 6.07) is 17.9. The standard InChI is InChI=1S/C24H24N4O/c1-16-11-17(2)13-20(12-16)28-24(29)23-8-7-19(15-27-23)25-10-9-18-14-26-22-6-4-3-5-21(18)22/h3-8,11-15,25-26H,9-10H2,1-2H3,(H,28,29). The molecule has 4 rings (SSSR count). The Balaban J connectivity index is 1.34. The molecule has 0 unspecified atom stereocenters. The largest absolute Gasteiger partial charge is 0.383 e. The summed E-state index contributed by atoms with van der Waals surface area (Å²) in [6.45, 7) is 4.81. The van der Waals surface area contributed by atoms with Gasteiger partial charge in [0, 0.05) is 29.3 Å². The highest BCUT2D eigenvalue weighted by Gasteiger charge is 2.08. The normalized spacial score (nSPS) is 10.8. The van der Waals surface area contributed by atoms with E-state index in [9.17, 15) is 4.79 Å². The van der Waals surface area contributed by atoms with E-state index in [2.05, 4.69) is 51.1 Å². The number of aromatic nitrogens is 2. The van der Waals surface area contributed by atoms with Gasteiger partial charge in [0.25, 0.3) is 5.91 Å². The zero-order chi connectivity index (χ0) is 20.2. The van der Waals surface area contributed by atoms with Gasteiger partial charge in [-0.3, -0.25) is 4.79 Å². The third-order valence-corrected chi connectivity index (χ3v) is 4.87. The molecule has 0 bridgehead atoms. The first-order valence-corrected chi connectivity index (χ1v) is 9.73. The summed E-state index contributed by atoms with van der Waals surface area (Å²) in [5.74, 6) is -0.208. The summed E-state index contributed by atoms with van der Waals surface area (Å²) in [6.07, 6.45) is 4.66. The minimum absolute atomic E-state index is 0.208. The molecule has 0 aliphatic carbocycles. The third kappa shape index (κ3) is 4.46. The zero-order valence-corrected chi connectivity index (χ0v) is 16.6. The van der Waals surface area contributed by atoms with Crippen LogP contribution in [0.15, 0.2) is 67.0 Å². The zero-order valence-electron chi connectivity index (χ0n) is 16.6. The molecular weight excluding hydrogens is 360 g/mol. The summed E-state index contributed by atoms with van der Waals surface area (Å²) in [5, 5.41) is 7.54. The molecule has 0 atom stereocenters. The fourth-order valence-corrected chi connectivity index (χ4v) is 3.55. The molecule has 2 aromatic heterocycles. The van der Waals surface area contributed by atoms with Crippen LogP contribution >= 0.6 is 0 Å². The van der Waals surface area contributed by atoms with Crippen molar-refractivity contribution in [3.05, 3.63) is 89.4 Å². The van der Waals surface area contributed by atoms with Crippen molar-refractivity contribution >= 4 is 28.2 Å². The van der Waals surface area contributed by atoms with Crippen molar-refractivity contribution in [1.29, 1.82) is 0 Å². The number of amides is 1. The molecule has 29 heavy (non-hydrogen) atoms. The number of hydrogen-bond donors (Lipinski definition) is 3. The number of carbonyl (C=O) groups is 1. The predicted octanol–water partition coefficient (Wildman–Crippen LogP) is 5.09. The van der Waals surface area contributed by atoms with Crippen LogP contribution in [0.2, 0.25) is 0 Å². The Morgan fingerprint density at radius 2 is 1.79 bits per heavy atom. The second kappa shape index (κ2) is 8.19. The van der Waals surface area contributed by atoms with Gasteiger partial charge in [-0.1, -0.05) is 24.3 Å². The second-order valence-corrected chi connectivity index (χ2v) is 7.30. The molecule has 3 N–H and O–H groups in total. The SMILES string of the molecule is Cc1cc(C)cc(NC(=O)c2ccc(NCCc3c[nH]c4ccccc34)cn2)c1. The van der Waals surface area contributed by atoms with E-state index in [0.717, 1.165) is 41.0 Å². The average Bonchev–Trinajstić information content (AvgIpc) is 3.11. The van der Waals surface area contributed by atoms with Crippen molar-refractivity contribution in [2.45, 2.75) is 20.3 Å². The topological polar surface area (TPSA) is 69.8 Å². The van der Waals surface area contributed by atoms with Crippen LogP contribution in [-0.4, -0.2) is 22.4 Å². The van der Waals surface area contributed by atoms with E-state index in [1.54, 1.807) is 12.3 Å². The molecular formula is C24H24N4O. The summed E-state index contributed by atoms with van der Waals surface area (Å²) in [7, 11) is 0. The van der Waals surface area contributed by atoms with Gasteiger partial charge in [0.1, 0.15) is 5.69 Å². The first-order valence-electron chi connectivity index (χ1n) is 9.73. The smallest absolute Gasteiger partial charge is 0.274 e. The molecule has 0 saturated heterocycles. The minimum Gasteiger partial charge on any atom is -0.383 e. The van der Waals surface area contributed by atoms with E-state index in [-0.39, 0.29) is 5.91 Å². The van der Waals surface area contributed by atoms with Gasteiger partial charge in [0.05, 0.1) is 11.9 Å². The second-order valence-electron chi connectivity index (χ2n) is 7.30. The van der Waals surface area contributed by atoms with Gasteiger partial charge < -0.3 is 15.6 Å². The van der Waals surface area contributed by atoms with Crippen LogP contribution in [0.25, 0.3) is 10.9 Å².